The maximum Gasteiger partial charge on any atom is 0.263 e. The van der Waals surface area contributed by atoms with Gasteiger partial charge in [-0.1, -0.05) is 30.3 Å². The molecule has 3 N–H and O–H groups in total. The smallest absolute Gasteiger partial charge is 0.263 e. The summed E-state index contributed by atoms with van der Waals surface area (Å²) in [5.41, 5.74) is 0.788. The number of pyridine rings is 1. The molecule has 0 aliphatic heterocycles. The van der Waals surface area contributed by atoms with Crippen LogP contribution in [-0.4, -0.2) is 41.7 Å². The van der Waals surface area contributed by atoms with Crippen LogP contribution in [0, 0.1) is 0 Å². The normalized spacial score (nSPS) is 12.6. The number of hydrogen-bond donors (Lipinski definition) is 3. The first kappa shape index (κ1) is 19.4. The summed E-state index contributed by atoms with van der Waals surface area (Å²) in [6.07, 6.45) is 3.45. The van der Waals surface area contributed by atoms with E-state index < -0.39 is 11.5 Å². The first-order valence-corrected chi connectivity index (χ1v) is 8.34. The zero-order valence-corrected chi connectivity index (χ0v) is 14.9. The molecule has 26 heavy (non-hydrogen) atoms. The third kappa shape index (κ3) is 4.80. The van der Waals surface area contributed by atoms with Crippen LogP contribution in [0.4, 0.5) is 0 Å². The van der Waals surface area contributed by atoms with Crippen LogP contribution < -0.4 is 16.2 Å². The monoisotopic (exact) mass is 357 g/mol. The standard InChI is InChI=1S/C18H19N3O3.CH4O/c1-19-17(23)15-9-13(16(22)20-14-7-8-14)11-21(18(15)24)10-12-5-3-2-4-6-12;1-2/h2-6,9,11,14H,7-8,10H2,1H3,(H,19,23)(H,20,22);2H,1H3. The molecule has 1 aromatic heterocycles. The van der Waals surface area contributed by atoms with E-state index >= 15 is 0 Å². The third-order valence-corrected chi connectivity index (χ3v) is 3.93. The zero-order chi connectivity index (χ0) is 19.1. The lowest BCUT2D eigenvalue weighted by Crippen LogP contribution is -2.34. The summed E-state index contributed by atoms with van der Waals surface area (Å²) < 4.78 is 1.40. The van der Waals surface area contributed by atoms with E-state index in [1.165, 1.54) is 23.9 Å². The van der Waals surface area contributed by atoms with Gasteiger partial charge in [-0.05, 0) is 24.5 Å². The number of rotatable bonds is 5. The van der Waals surface area contributed by atoms with Gasteiger partial charge in [-0.15, -0.1) is 0 Å². The van der Waals surface area contributed by atoms with Gasteiger partial charge in [-0.25, -0.2) is 0 Å². The quantitative estimate of drug-likeness (QED) is 0.735. The number of amides is 2. The van der Waals surface area contributed by atoms with Crippen LogP contribution >= 0.6 is 0 Å². The van der Waals surface area contributed by atoms with E-state index in [4.69, 9.17) is 5.11 Å². The second kappa shape index (κ2) is 8.96. The summed E-state index contributed by atoms with van der Waals surface area (Å²) in [4.78, 5) is 36.9. The molecule has 1 fully saturated rings. The van der Waals surface area contributed by atoms with Crippen LogP contribution in [0.25, 0.3) is 0 Å². The van der Waals surface area contributed by atoms with Crippen molar-refractivity contribution < 1.29 is 14.7 Å². The summed E-state index contributed by atoms with van der Waals surface area (Å²) in [6, 6.07) is 11.0. The average Bonchev–Trinajstić information content (AvgIpc) is 3.49. The van der Waals surface area contributed by atoms with E-state index in [1.807, 2.05) is 30.3 Å². The third-order valence-electron chi connectivity index (χ3n) is 3.93. The number of carbonyl (C=O) groups is 2. The highest BCUT2D eigenvalue weighted by molar-refractivity contribution is 5.99. The van der Waals surface area contributed by atoms with E-state index in [0.717, 1.165) is 25.5 Å². The van der Waals surface area contributed by atoms with Gasteiger partial charge in [0.2, 0.25) is 0 Å². The van der Waals surface area contributed by atoms with Crippen molar-refractivity contribution in [2.45, 2.75) is 25.4 Å². The molecule has 0 unspecified atom stereocenters. The first-order chi connectivity index (χ1) is 12.6. The molecule has 2 aromatic rings. The summed E-state index contributed by atoms with van der Waals surface area (Å²) in [5.74, 6) is -0.757. The van der Waals surface area contributed by atoms with Crippen LogP contribution in [0.5, 0.6) is 0 Å². The minimum absolute atomic E-state index is 0.0307. The van der Waals surface area contributed by atoms with E-state index in [9.17, 15) is 14.4 Å². The molecule has 0 radical (unpaired) electrons. The SMILES string of the molecule is CNC(=O)c1cc(C(=O)NC2CC2)cn(Cc2ccccc2)c1=O.CO. The first-order valence-electron chi connectivity index (χ1n) is 8.34. The molecule has 2 amide bonds. The Bertz CT molecular complexity index is 826. The lowest BCUT2D eigenvalue weighted by molar-refractivity contribution is 0.0950. The molecule has 1 heterocycles. The molecule has 1 aliphatic rings. The van der Waals surface area contributed by atoms with Crippen molar-refractivity contribution in [3.63, 3.8) is 0 Å². The van der Waals surface area contributed by atoms with E-state index in [2.05, 4.69) is 10.6 Å². The molecule has 0 atom stereocenters. The van der Waals surface area contributed by atoms with Gasteiger partial charge < -0.3 is 20.3 Å². The van der Waals surface area contributed by atoms with Gasteiger partial charge in [0.05, 0.1) is 12.1 Å². The van der Waals surface area contributed by atoms with Crippen molar-refractivity contribution in [1.29, 1.82) is 0 Å². The Balaban J connectivity index is 0.00000117. The number of nitrogens with zero attached hydrogens (tertiary/aromatic N) is 1. The molecular weight excluding hydrogens is 334 g/mol. The zero-order valence-electron chi connectivity index (χ0n) is 14.9. The Labute approximate surface area is 151 Å². The molecule has 1 aromatic carbocycles. The maximum atomic E-state index is 12.6. The van der Waals surface area contributed by atoms with E-state index in [1.54, 1.807) is 0 Å². The minimum atomic E-state index is -0.497. The minimum Gasteiger partial charge on any atom is -0.400 e. The molecule has 138 valence electrons. The van der Waals surface area contributed by atoms with E-state index in [-0.39, 0.29) is 17.5 Å². The van der Waals surface area contributed by atoms with Gasteiger partial charge in [-0.2, -0.15) is 0 Å². The summed E-state index contributed by atoms with van der Waals surface area (Å²) in [5, 5.41) is 12.3. The van der Waals surface area contributed by atoms with Crippen molar-refractivity contribution in [2.24, 2.45) is 0 Å². The average molecular weight is 357 g/mol. The van der Waals surface area contributed by atoms with Crippen LogP contribution in [0.2, 0.25) is 0 Å². The van der Waals surface area contributed by atoms with Crippen LogP contribution in [0.15, 0.2) is 47.4 Å². The van der Waals surface area contributed by atoms with Gasteiger partial charge in [0.1, 0.15) is 5.56 Å². The topological polar surface area (TPSA) is 100 Å². The van der Waals surface area contributed by atoms with Crippen LogP contribution in [0.1, 0.15) is 39.1 Å². The fraction of sp³-hybridized carbons (Fsp3) is 0.316. The fourth-order valence-electron chi connectivity index (χ4n) is 2.45. The van der Waals surface area contributed by atoms with Gasteiger partial charge in [0.25, 0.3) is 17.4 Å². The number of nitrogens with one attached hydrogen (secondary N) is 2. The Morgan fingerprint density at radius 1 is 1.15 bits per heavy atom. The number of carbonyl (C=O) groups excluding carboxylic acids is 2. The Kier molecular flexibility index (Phi) is 6.68. The van der Waals surface area contributed by atoms with Crippen molar-refractivity contribution >= 4 is 11.8 Å². The van der Waals surface area contributed by atoms with Crippen LogP contribution in [0.3, 0.4) is 0 Å². The van der Waals surface area contributed by atoms with Gasteiger partial charge in [-0.3, -0.25) is 14.4 Å². The second-order valence-corrected chi connectivity index (χ2v) is 5.89. The molecule has 0 bridgehead atoms. The van der Waals surface area contributed by atoms with E-state index in [0.29, 0.717) is 12.1 Å². The summed E-state index contributed by atoms with van der Waals surface area (Å²) in [6.45, 7) is 0.300. The van der Waals surface area contributed by atoms with Gasteiger partial charge in [0, 0.05) is 26.4 Å². The Morgan fingerprint density at radius 3 is 2.38 bits per heavy atom. The Morgan fingerprint density at radius 2 is 1.81 bits per heavy atom. The second-order valence-electron chi connectivity index (χ2n) is 5.89. The molecule has 7 heteroatoms. The molecular formula is C19H23N3O4. The largest absolute Gasteiger partial charge is 0.400 e. The highest BCUT2D eigenvalue weighted by Crippen LogP contribution is 2.19. The molecule has 7 nitrogen and oxygen atoms in total. The van der Waals surface area contributed by atoms with Crippen molar-refractivity contribution in [3.05, 3.63) is 69.6 Å². The Hall–Kier alpha value is -2.93. The van der Waals surface area contributed by atoms with Crippen molar-refractivity contribution in [2.75, 3.05) is 14.2 Å². The molecule has 0 spiro atoms. The number of aromatic nitrogens is 1. The lowest BCUT2D eigenvalue weighted by Gasteiger charge is -2.11. The number of hydrogen-bond acceptors (Lipinski definition) is 4. The predicted molar refractivity (Wildman–Crippen MR) is 98.3 cm³/mol. The molecule has 3 rings (SSSR count). The van der Waals surface area contributed by atoms with Gasteiger partial charge in [0.15, 0.2) is 0 Å². The maximum absolute atomic E-state index is 12.6. The molecule has 0 saturated heterocycles. The van der Waals surface area contributed by atoms with Crippen molar-refractivity contribution in [3.8, 4) is 0 Å². The highest BCUT2D eigenvalue weighted by atomic mass is 16.2. The van der Waals surface area contributed by atoms with Crippen molar-refractivity contribution in [1.82, 2.24) is 15.2 Å². The lowest BCUT2D eigenvalue weighted by atomic mass is 10.1. The molecule has 1 aliphatic carbocycles. The molecule has 1 saturated carbocycles. The predicted octanol–water partition coefficient (Wildman–Crippen LogP) is 0.757. The van der Waals surface area contributed by atoms with Gasteiger partial charge >= 0.3 is 0 Å². The fourth-order valence-corrected chi connectivity index (χ4v) is 2.45. The summed E-state index contributed by atoms with van der Waals surface area (Å²) in [7, 11) is 2.46. The highest BCUT2D eigenvalue weighted by Gasteiger charge is 2.25. The number of benzene rings is 1. The number of aliphatic hydroxyl groups is 1. The number of aliphatic hydroxyl groups excluding tert-OH is 1. The summed E-state index contributed by atoms with van der Waals surface area (Å²) >= 11 is 0. The van der Waals surface area contributed by atoms with Crippen LogP contribution in [-0.2, 0) is 6.54 Å².